The molecule has 26 heavy (non-hydrogen) atoms. The van der Waals surface area contributed by atoms with E-state index in [1.165, 1.54) is 13.2 Å². The van der Waals surface area contributed by atoms with E-state index in [1.807, 2.05) is 42.5 Å². The molecule has 0 aliphatic rings. The van der Waals surface area contributed by atoms with E-state index in [0.29, 0.717) is 39.1 Å². The molecule has 0 bridgehead atoms. The molecule has 0 saturated carbocycles. The molecule has 4 rings (SSSR count). The van der Waals surface area contributed by atoms with Crippen LogP contribution in [0.1, 0.15) is 0 Å². The predicted octanol–water partition coefficient (Wildman–Crippen LogP) is 5.10. The highest BCUT2D eigenvalue weighted by Gasteiger charge is 2.23. The van der Waals surface area contributed by atoms with Crippen LogP contribution in [0.3, 0.4) is 0 Å². The van der Waals surface area contributed by atoms with Gasteiger partial charge in [0.25, 0.3) is 5.69 Å². The Morgan fingerprint density at radius 3 is 2.42 bits per heavy atom. The van der Waals surface area contributed by atoms with E-state index in [2.05, 4.69) is 4.98 Å². The minimum Gasteiger partial charge on any atom is -0.494 e. The molecule has 0 spiro atoms. The van der Waals surface area contributed by atoms with Crippen molar-refractivity contribution >= 4 is 27.5 Å². The Bertz CT molecular complexity index is 1130. The largest absolute Gasteiger partial charge is 0.494 e. The lowest BCUT2D eigenvalue weighted by molar-refractivity contribution is -0.383. The van der Waals surface area contributed by atoms with E-state index in [9.17, 15) is 10.1 Å². The summed E-state index contributed by atoms with van der Waals surface area (Å²) in [4.78, 5) is 15.8. The highest BCUT2D eigenvalue weighted by atomic mass is 16.6. The van der Waals surface area contributed by atoms with Crippen molar-refractivity contribution in [3.63, 3.8) is 0 Å². The van der Waals surface area contributed by atoms with E-state index >= 15 is 0 Å². The molecule has 4 aromatic rings. The summed E-state index contributed by atoms with van der Waals surface area (Å²) in [5.74, 6) is 1.43. The molecule has 0 aliphatic heterocycles. The minimum atomic E-state index is -0.434. The van der Waals surface area contributed by atoms with Crippen LogP contribution in [-0.2, 0) is 0 Å². The van der Waals surface area contributed by atoms with Crippen molar-refractivity contribution in [2.75, 3.05) is 7.11 Å². The fraction of sp³-hybridized carbons (Fsp3) is 0.0500. The molecule has 0 fully saturated rings. The van der Waals surface area contributed by atoms with Crippen LogP contribution in [0.4, 0.5) is 5.69 Å². The number of hydrogen-bond donors (Lipinski definition) is 0. The summed E-state index contributed by atoms with van der Waals surface area (Å²) < 4.78 is 11.5. The first kappa shape index (κ1) is 15.8. The third-order valence-electron chi connectivity index (χ3n) is 4.11. The second-order valence-corrected chi connectivity index (χ2v) is 5.64. The molecular formula is C20H14N2O4. The summed E-state index contributed by atoms with van der Waals surface area (Å²) in [7, 11) is 1.51. The Kier molecular flexibility index (Phi) is 3.85. The maximum Gasteiger partial charge on any atom is 0.282 e. The van der Waals surface area contributed by atoms with Gasteiger partial charge in [0.05, 0.1) is 17.5 Å². The van der Waals surface area contributed by atoms with Gasteiger partial charge in [0.2, 0.25) is 0 Å². The molecule has 0 amide bonds. The SMILES string of the molecule is COc1ccc([N+](=O)[O-])c2c(Oc3ccccc3)c3ccccc3nc12. The van der Waals surface area contributed by atoms with Crippen molar-refractivity contribution < 1.29 is 14.4 Å². The maximum atomic E-state index is 11.6. The lowest BCUT2D eigenvalue weighted by Gasteiger charge is -2.14. The molecule has 6 heteroatoms. The molecule has 3 aromatic carbocycles. The number of nitrogens with zero attached hydrogens (tertiary/aromatic N) is 2. The quantitative estimate of drug-likeness (QED) is 0.292. The van der Waals surface area contributed by atoms with E-state index in [4.69, 9.17) is 9.47 Å². The highest BCUT2D eigenvalue weighted by molar-refractivity contribution is 6.07. The minimum absolute atomic E-state index is 0.0787. The molecule has 1 heterocycles. The van der Waals surface area contributed by atoms with E-state index < -0.39 is 4.92 Å². The van der Waals surface area contributed by atoms with E-state index in [0.717, 1.165) is 0 Å². The Balaban J connectivity index is 2.14. The lowest BCUT2D eigenvalue weighted by atomic mass is 10.1. The summed E-state index contributed by atoms with van der Waals surface area (Å²) in [5.41, 5.74) is 0.987. The summed E-state index contributed by atoms with van der Waals surface area (Å²) in [6.45, 7) is 0. The molecule has 0 unspecified atom stereocenters. The zero-order chi connectivity index (χ0) is 18.1. The number of benzene rings is 3. The van der Waals surface area contributed by atoms with Crippen LogP contribution in [-0.4, -0.2) is 17.0 Å². The highest BCUT2D eigenvalue weighted by Crippen LogP contribution is 2.43. The van der Waals surface area contributed by atoms with E-state index in [1.54, 1.807) is 18.2 Å². The first-order chi connectivity index (χ1) is 12.7. The monoisotopic (exact) mass is 346 g/mol. The number of para-hydroxylation sites is 2. The van der Waals surface area contributed by atoms with Gasteiger partial charge in [-0.05, 0) is 30.3 Å². The van der Waals surface area contributed by atoms with Gasteiger partial charge in [-0.25, -0.2) is 4.98 Å². The Morgan fingerprint density at radius 2 is 1.69 bits per heavy atom. The van der Waals surface area contributed by atoms with Gasteiger partial charge in [-0.1, -0.05) is 30.3 Å². The number of aromatic nitrogens is 1. The average molecular weight is 346 g/mol. The van der Waals surface area contributed by atoms with Crippen LogP contribution in [0.15, 0.2) is 66.7 Å². The zero-order valence-electron chi connectivity index (χ0n) is 13.9. The Labute approximate surface area is 148 Å². The third kappa shape index (κ3) is 2.57. The van der Waals surface area contributed by atoms with Crippen molar-refractivity contribution in [3.05, 3.63) is 76.8 Å². The van der Waals surface area contributed by atoms with Gasteiger partial charge >= 0.3 is 0 Å². The Morgan fingerprint density at radius 1 is 0.962 bits per heavy atom. The zero-order valence-corrected chi connectivity index (χ0v) is 13.9. The number of nitro groups is 1. The second kappa shape index (κ2) is 6.33. The molecule has 128 valence electrons. The van der Waals surface area contributed by atoms with Gasteiger partial charge in [-0.15, -0.1) is 0 Å². The van der Waals surface area contributed by atoms with E-state index in [-0.39, 0.29) is 5.69 Å². The molecule has 0 N–H and O–H groups in total. The molecule has 0 atom stereocenters. The van der Waals surface area contributed by atoms with Crippen LogP contribution in [0.25, 0.3) is 21.8 Å². The fourth-order valence-corrected chi connectivity index (χ4v) is 2.94. The molecule has 0 saturated heterocycles. The molecule has 0 radical (unpaired) electrons. The van der Waals surface area contributed by atoms with Gasteiger partial charge in [0.15, 0.2) is 5.75 Å². The summed E-state index contributed by atoms with van der Waals surface area (Å²) in [5, 5.41) is 12.6. The number of nitro benzene ring substituents is 1. The summed E-state index contributed by atoms with van der Waals surface area (Å²) in [6.07, 6.45) is 0. The van der Waals surface area contributed by atoms with Crippen LogP contribution >= 0.6 is 0 Å². The third-order valence-corrected chi connectivity index (χ3v) is 4.11. The first-order valence-corrected chi connectivity index (χ1v) is 7.96. The van der Waals surface area contributed by atoms with Crippen molar-refractivity contribution in [1.29, 1.82) is 0 Å². The molecule has 0 aliphatic carbocycles. The standard InChI is InChI=1S/C20H14N2O4/c1-25-17-12-11-16(22(23)24)18-19(17)21-15-10-6-5-9-14(15)20(18)26-13-7-3-2-4-8-13/h2-12H,1H3. The van der Waals surface area contributed by atoms with Crippen molar-refractivity contribution in [2.24, 2.45) is 0 Å². The van der Waals surface area contributed by atoms with Gasteiger partial charge in [0.1, 0.15) is 22.4 Å². The van der Waals surface area contributed by atoms with Crippen molar-refractivity contribution in [2.45, 2.75) is 0 Å². The summed E-state index contributed by atoms with van der Waals surface area (Å²) >= 11 is 0. The van der Waals surface area contributed by atoms with Gasteiger partial charge in [-0.2, -0.15) is 0 Å². The van der Waals surface area contributed by atoms with Gasteiger partial charge in [-0.3, -0.25) is 10.1 Å². The maximum absolute atomic E-state index is 11.6. The fourth-order valence-electron chi connectivity index (χ4n) is 2.94. The van der Waals surface area contributed by atoms with Crippen LogP contribution in [0.2, 0.25) is 0 Å². The topological polar surface area (TPSA) is 74.5 Å². The van der Waals surface area contributed by atoms with Gasteiger partial charge < -0.3 is 9.47 Å². The number of ether oxygens (including phenoxy) is 2. The molecule has 6 nitrogen and oxygen atoms in total. The second-order valence-electron chi connectivity index (χ2n) is 5.64. The first-order valence-electron chi connectivity index (χ1n) is 7.96. The summed E-state index contributed by atoms with van der Waals surface area (Å²) in [6, 6.07) is 19.5. The number of hydrogen-bond acceptors (Lipinski definition) is 5. The number of non-ortho nitro benzene ring substituents is 1. The van der Waals surface area contributed by atoms with Crippen molar-refractivity contribution in [3.8, 4) is 17.2 Å². The molecule has 1 aromatic heterocycles. The van der Waals surface area contributed by atoms with Gasteiger partial charge in [0, 0.05) is 11.5 Å². The predicted molar refractivity (Wildman–Crippen MR) is 99.0 cm³/mol. The number of fused-ring (bicyclic) bond motifs is 2. The lowest BCUT2D eigenvalue weighted by Crippen LogP contribution is -1.98. The van der Waals surface area contributed by atoms with Crippen LogP contribution in [0, 0.1) is 10.1 Å². The normalized spacial score (nSPS) is 10.8. The number of pyridine rings is 1. The number of rotatable bonds is 4. The Hall–Kier alpha value is -3.67. The van der Waals surface area contributed by atoms with Crippen LogP contribution < -0.4 is 9.47 Å². The average Bonchev–Trinajstić information content (AvgIpc) is 2.67. The molecular weight excluding hydrogens is 332 g/mol. The smallest absolute Gasteiger partial charge is 0.282 e. The number of methoxy groups -OCH3 is 1. The van der Waals surface area contributed by atoms with Crippen LogP contribution in [0.5, 0.6) is 17.2 Å². The van der Waals surface area contributed by atoms with Crippen molar-refractivity contribution in [1.82, 2.24) is 4.98 Å².